The second kappa shape index (κ2) is 3.54. The van der Waals surface area contributed by atoms with E-state index < -0.39 is 0 Å². The molecule has 3 heteroatoms. The van der Waals surface area contributed by atoms with Gasteiger partial charge in [-0.3, -0.25) is 0 Å². The van der Waals surface area contributed by atoms with Crippen LogP contribution in [-0.4, -0.2) is 9.97 Å². The van der Waals surface area contributed by atoms with Crippen LogP contribution in [0.15, 0.2) is 12.5 Å². The van der Waals surface area contributed by atoms with E-state index in [1.54, 1.807) is 0 Å². The summed E-state index contributed by atoms with van der Waals surface area (Å²) in [6, 6.07) is 2.27. The zero-order valence-corrected chi connectivity index (χ0v) is 10.5. The Labute approximate surface area is 107 Å². The molecule has 4 fully saturated rings. The van der Waals surface area contributed by atoms with E-state index in [0.717, 1.165) is 23.3 Å². The van der Waals surface area contributed by atoms with Crippen molar-refractivity contribution >= 4 is 0 Å². The van der Waals surface area contributed by atoms with Crippen LogP contribution in [0.1, 0.15) is 49.8 Å². The summed E-state index contributed by atoms with van der Waals surface area (Å²) in [5.41, 5.74) is 2.00. The first-order chi connectivity index (χ1) is 8.79. The van der Waals surface area contributed by atoms with Crippen molar-refractivity contribution in [1.82, 2.24) is 9.97 Å². The Bertz CT molecular complexity index is 494. The molecule has 0 amide bonds. The standard InChI is InChI=1S/C15H17N3/c16-7-14-13(8-17-9-18-14)15-4-10-1-11(5-15)3-12(2-10)6-15/h8-12H,1-6H2. The third-order valence-electron chi connectivity index (χ3n) is 5.43. The fourth-order valence-corrected chi connectivity index (χ4v) is 5.25. The molecule has 1 aromatic heterocycles. The normalized spacial score (nSPS) is 40.7. The number of aromatic nitrogens is 2. The Morgan fingerprint density at radius 3 is 2.28 bits per heavy atom. The van der Waals surface area contributed by atoms with Crippen LogP contribution in [0, 0.1) is 29.1 Å². The van der Waals surface area contributed by atoms with Crippen molar-refractivity contribution in [3.05, 3.63) is 23.8 Å². The van der Waals surface area contributed by atoms with E-state index in [1.165, 1.54) is 44.9 Å². The number of nitrogens with zero attached hydrogens (tertiary/aromatic N) is 3. The van der Waals surface area contributed by atoms with Crippen molar-refractivity contribution in [2.45, 2.75) is 43.9 Å². The summed E-state index contributed by atoms with van der Waals surface area (Å²) in [4.78, 5) is 8.37. The third-order valence-corrected chi connectivity index (χ3v) is 5.43. The lowest BCUT2D eigenvalue weighted by atomic mass is 9.48. The van der Waals surface area contributed by atoms with Gasteiger partial charge in [0.15, 0.2) is 0 Å². The summed E-state index contributed by atoms with van der Waals surface area (Å²) < 4.78 is 0. The molecule has 4 aliphatic carbocycles. The lowest BCUT2D eigenvalue weighted by Crippen LogP contribution is -2.49. The fourth-order valence-electron chi connectivity index (χ4n) is 5.25. The topological polar surface area (TPSA) is 49.6 Å². The molecule has 92 valence electrons. The van der Waals surface area contributed by atoms with E-state index in [-0.39, 0.29) is 5.41 Å². The van der Waals surface area contributed by atoms with Gasteiger partial charge in [0, 0.05) is 17.2 Å². The van der Waals surface area contributed by atoms with Crippen LogP contribution in [0.5, 0.6) is 0 Å². The highest BCUT2D eigenvalue weighted by Gasteiger charge is 2.52. The lowest BCUT2D eigenvalue weighted by Gasteiger charge is -2.57. The molecule has 0 N–H and O–H groups in total. The highest BCUT2D eigenvalue weighted by atomic mass is 14.8. The van der Waals surface area contributed by atoms with Crippen molar-refractivity contribution in [1.29, 1.82) is 5.26 Å². The van der Waals surface area contributed by atoms with E-state index in [9.17, 15) is 5.26 Å². The molecular formula is C15H17N3. The second-order valence-electron chi connectivity index (χ2n) is 6.59. The molecule has 18 heavy (non-hydrogen) atoms. The molecule has 3 nitrogen and oxygen atoms in total. The quantitative estimate of drug-likeness (QED) is 0.757. The van der Waals surface area contributed by atoms with Gasteiger partial charge in [-0.2, -0.15) is 5.26 Å². The number of hydrogen-bond donors (Lipinski definition) is 0. The fraction of sp³-hybridized carbons (Fsp3) is 0.667. The van der Waals surface area contributed by atoms with E-state index in [1.807, 2.05) is 6.20 Å². The Hall–Kier alpha value is -1.43. The van der Waals surface area contributed by atoms with Gasteiger partial charge in [0.2, 0.25) is 0 Å². The van der Waals surface area contributed by atoms with Gasteiger partial charge in [0.1, 0.15) is 18.1 Å². The smallest absolute Gasteiger partial charge is 0.147 e. The van der Waals surface area contributed by atoms with Gasteiger partial charge in [-0.15, -0.1) is 0 Å². The maximum Gasteiger partial charge on any atom is 0.147 e. The molecule has 1 heterocycles. The van der Waals surface area contributed by atoms with Gasteiger partial charge in [0.05, 0.1) is 0 Å². The van der Waals surface area contributed by atoms with Gasteiger partial charge in [-0.1, -0.05) is 0 Å². The molecule has 0 atom stereocenters. The zero-order valence-electron chi connectivity index (χ0n) is 10.5. The summed E-state index contributed by atoms with van der Waals surface area (Å²) in [5, 5.41) is 9.28. The molecule has 0 aliphatic heterocycles. The minimum absolute atomic E-state index is 0.237. The summed E-state index contributed by atoms with van der Waals surface area (Å²) in [6.07, 6.45) is 11.5. The van der Waals surface area contributed by atoms with Crippen molar-refractivity contribution in [3.8, 4) is 6.07 Å². The second-order valence-corrected chi connectivity index (χ2v) is 6.59. The predicted octanol–water partition coefficient (Wildman–Crippen LogP) is 2.82. The molecule has 4 bridgehead atoms. The van der Waals surface area contributed by atoms with Gasteiger partial charge in [0.25, 0.3) is 0 Å². The predicted molar refractivity (Wildman–Crippen MR) is 66.6 cm³/mol. The highest BCUT2D eigenvalue weighted by Crippen LogP contribution is 2.60. The van der Waals surface area contributed by atoms with Gasteiger partial charge in [-0.25, -0.2) is 9.97 Å². The van der Waals surface area contributed by atoms with Crippen LogP contribution >= 0.6 is 0 Å². The Morgan fingerprint density at radius 1 is 1.11 bits per heavy atom. The molecule has 5 rings (SSSR count). The Balaban J connectivity index is 1.82. The molecule has 4 aliphatic rings. The number of nitriles is 1. The summed E-state index contributed by atoms with van der Waals surface area (Å²) in [6.45, 7) is 0. The zero-order chi connectivity index (χ0) is 12.2. The van der Waals surface area contributed by atoms with Crippen LogP contribution in [0.4, 0.5) is 0 Å². The Morgan fingerprint density at radius 2 is 1.72 bits per heavy atom. The van der Waals surface area contributed by atoms with Crippen molar-refractivity contribution < 1.29 is 0 Å². The first-order valence-electron chi connectivity index (χ1n) is 7.00. The minimum atomic E-state index is 0.237. The maximum atomic E-state index is 9.28. The van der Waals surface area contributed by atoms with Gasteiger partial charge < -0.3 is 0 Å². The summed E-state index contributed by atoms with van der Waals surface area (Å²) >= 11 is 0. The number of hydrogen-bond acceptors (Lipinski definition) is 3. The van der Waals surface area contributed by atoms with Crippen LogP contribution in [0.2, 0.25) is 0 Å². The molecule has 0 spiro atoms. The third kappa shape index (κ3) is 1.35. The van der Waals surface area contributed by atoms with Crippen LogP contribution < -0.4 is 0 Å². The number of rotatable bonds is 1. The van der Waals surface area contributed by atoms with Crippen LogP contribution in [0.3, 0.4) is 0 Å². The molecule has 0 unspecified atom stereocenters. The molecule has 0 radical (unpaired) electrons. The van der Waals surface area contributed by atoms with Gasteiger partial charge in [-0.05, 0) is 56.3 Å². The summed E-state index contributed by atoms with van der Waals surface area (Å²) in [7, 11) is 0. The van der Waals surface area contributed by atoms with E-state index in [4.69, 9.17) is 0 Å². The van der Waals surface area contributed by atoms with E-state index in [2.05, 4.69) is 16.0 Å². The van der Waals surface area contributed by atoms with E-state index in [0.29, 0.717) is 5.69 Å². The SMILES string of the molecule is N#Cc1ncncc1C12CC3CC(CC(C3)C1)C2. The highest BCUT2D eigenvalue weighted by molar-refractivity contribution is 5.37. The summed E-state index contributed by atoms with van der Waals surface area (Å²) in [5.74, 6) is 2.67. The van der Waals surface area contributed by atoms with E-state index >= 15 is 0 Å². The molecular weight excluding hydrogens is 222 g/mol. The molecule has 0 saturated heterocycles. The average Bonchev–Trinajstić information content (AvgIpc) is 2.37. The minimum Gasteiger partial charge on any atom is -0.244 e. The maximum absolute atomic E-state index is 9.28. The van der Waals surface area contributed by atoms with Crippen LogP contribution in [0.25, 0.3) is 0 Å². The first kappa shape index (κ1) is 10.5. The Kier molecular flexibility index (Phi) is 2.06. The van der Waals surface area contributed by atoms with Gasteiger partial charge >= 0.3 is 0 Å². The average molecular weight is 239 g/mol. The molecule has 0 aromatic carbocycles. The first-order valence-corrected chi connectivity index (χ1v) is 7.00. The van der Waals surface area contributed by atoms with Crippen molar-refractivity contribution in [2.75, 3.05) is 0 Å². The van der Waals surface area contributed by atoms with Crippen molar-refractivity contribution in [3.63, 3.8) is 0 Å². The largest absolute Gasteiger partial charge is 0.244 e. The lowest BCUT2D eigenvalue weighted by molar-refractivity contribution is -0.00563. The molecule has 1 aromatic rings. The van der Waals surface area contributed by atoms with Crippen molar-refractivity contribution in [2.24, 2.45) is 17.8 Å². The van der Waals surface area contributed by atoms with Crippen LogP contribution in [-0.2, 0) is 5.41 Å². The molecule has 4 saturated carbocycles. The monoisotopic (exact) mass is 239 g/mol.